The van der Waals surface area contributed by atoms with Crippen molar-refractivity contribution in [2.75, 3.05) is 13.7 Å². The van der Waals surface area contributed by atoms with Gasteiger partial charge >= 0.3 is 0 Å². The largest absolute Gasteiger partial charge is 0.497 e. The lowest BCUT2D eigenvalue weighted by Gasteiger charge is -2.05. The number of nitrogens with one attached hydrogen (secondary N) is 3. The summed E-state index contributed by atoms with van der Waals surface area (Å²) in [6, 6.07) is 14.3. The summed E-state index contributed by atoms with van der Waals surface area (Å²) >= 11 is 0. The van der Waals surface area contributed by atoms with E-state index in [0.717, 1.165) is 41.4 Å². The molecule has 28 heavy (non-hydrogen) atoms. The molecule has 0 aliphatic rings. The number of benzene rings is 2. The van der Waals surface area contributed by atoms with E-state index in [1.54, 1.807) is 7.11 Å². The van der Waals surface area contributed by atoms with Crippen LogP contribution in [0.5, 0.6) is 5.75 Å². The molecule has 0 bridgehead atoms. The summed E-state index contributed by atoms with van der Waals surface area (Å²) in [6.45, 7) is 0.635. The Morgan fingerprint density at radius 1 is 0.964 bits per heavy atom. The van der Waals surface area contributed by atoms with Crippen molar-refractivity contribution in [3.8, 4) is 5.75 Å². The fourth-order valence-electron chi connectivity index (χ4n) is 3.69. The van der Waals surface area contributed by atoms with Crippen molar-refractivity contribution in [1.29, 1.82) is 0 Å². The third-order valence-corrected chi connectivity index (χ3v) is 5.22. The second-order valence-electron chi connectivity index (χ2n) is 7.04. The van der Waals surface area contributed by atoms with Crippen LogP contribution in [0.2, 0.25) is 0 Å². The highest BCUT2D eigenvalue weighted by atomic mass is 16.5. The molecule has 0 saturated heterocycles. The number of hydrogen-bond acceptors (Lipinski definition) is 2. The van der Waals surface area contributed by atoms with E-state index in [-0.39, 0.29) is 5.91 Å². The molecule has 0 saturated carbocycles. The summed E-state index contributed by atoms with van der Waals surface area (Å²) in [5.74, 6) is 0.951. The zero-order chi connectivity index (χ0) is 19.3. The van der Waals surface area contributed by atoms with Gasteiger partial charge in [0, 0.05) is 47.2 Å². The minimum Gasteiger partial charge on any atom is -0.497 e. The zero-order valence-electron chi connectivity index (χ0n) is 16.0. The molecule has 4 rings (SSSR count). The minimum atomic E-state index is 0.109. The highest BCUT2D eigenvalue weighted by Crippen LogP contribution is 2.24. The molecule has 0 radical (unpaired) electrons. The van der Waals surface area contributed by atoms with Crippen molar-refractivity contribution < 1.29 is 9.53 Å². The topological polar surface area (TPSA) is 69.9 Å². The summed E-state index contributed by atoms with van der Waals surface area (Å²) in [5.41, 5.74) is 4.70. The van der Waals surface area contributed by atoms with Gasteiger partial charge in [0.1, 0.15) is 5.75 Å². The van der Waals surface area contributed by atoms with Crippen LogP contribution in [0.1, 0.15) is 24.0 Å². The second-order valence-corrected chi connectivity index (χ2v) is 7.04. The van der Waals surface area contributed by atoms with E-state index in [1.807, 2.05) is 42.7 Å². The number of rotatable bonds is 8. The zero-order valence-corrected chi connectivity index (χ0v) is 16.0. The number of carbonyl (C=O) groups excluding carboxylic acids is 1. The third kappa shape index (κ3) is 3.88. The SMILES string of the molecule is COc1ccc2[nH]cc(CCNC(=O)CCCc3c[nH]c4ccccc34)c2c1. The van der Waals surface area contributed by atoms with Gasteiger partial charge in [0.2, 0.25) is 5.91 Å². The average molecular weight is 375 g/mol. The summed E-state index contributed by atoms with van der Waals surface area (Å²) in [6.07, 6.45) is 7.14. The molecule has 4 aromatic rings. The molecule has 2 aromatic heterocycles. The Morgan fingerprint density at radius 3 is 2.54 bits per heavy atom. The van der Waals surface area contributed by atoms with Crippen LogP contribution in [0.3, 0.4) is 0 Å². The maximum absolute atomic E-state index is 12.2. The smallest absolute Gasteiger partial charge is 0.220 e. The minimum absolute atomic E-state index is 0.109. The predicted octanol–water partition coefficient (Wildman–Crippen LogP) is 4.34. The molecule has 0 spiro atoms. The number of carbonyl (C=O) groups is 1. The summed E-state index contributed by atoms with van der Waals surface area (Å²) < 4.78 is 5.31. The first kappa shape index (κ1) is 18.2. The van der Waals surface area contributed by atoms with Crippen LogP contribution in [0.25, 0.3) is 21.8 Å². The Balaban J connectivity index is 1.25. The van der Waals surface area contributed by atoms with Crippen molar-refractivity contribution >= 4 is 27.7 Å². The van der Waals surface area contributed by atoms with Gasteiger partial charge in [0.25, 0.3) is 0 Å². The first-order valence-corrected chi connectivity index (χ1v) is 9.70. The highest BCUT2D eigenvalue weighted by Gasteiger charge is 2.08. The highest BCUT2D eigenvalue weighted by molar-refractivity contribution is 5.85. The molecule has 3 N–H and O–H groups in total. The number of ether oxygens (including phenoxy) is 1. The Hall–Kier alpha value is -3.21. The van der Waals surface area contributed by atoms with Crippen molar-refractivity contribution in [2.45, 2.75) is 25.7 Å². The van der Waals surface area contributed by atoms with Gasteiger partial charge in [-0.2, -0.15) is 0 Å². The number of methoxy groups -OCH3 is 1. The second kappa shape index (κ2) is 8.21. The molecule has 0 atom stereocenters. The molecule has 144 valence electrons. The Labute approximate surface area is 164 Å². The molecule has 0 aliphatic heterocycles. The average Bonchev–Trinajstić information content (AvgIpc) is 3.32. The lowest BCUT2D eigenvalue weighted by molar-refractivity contribution is -0.121. The monoisotopic (exact) mass is 375 g/mol. The van der Waals surface area contributed by atoms with Crippen molar-refractivity contribution in [3.63, 3.8) is 0 Å². The number of H-pyrrole nitrogens is 2. The van der Waals surface area contributed by atoms with E-state index in [0.29, 0.717) is 13.0 Å². The van der Waals surface area contributed by atoms with E-state index in [2.05, 4.69) is 27.4 Å². The Bertz CT molecular complexity index is 1090. The normalized spacial score (nSPS) is 11.2. The van der Waals surface area contributed by atoms with Gasteiger partial charge in [0.15, 0.2) is 0 Å². The fourth-order valence-corrected chi connectivity index (χ4v) is 3.69. The molecule has 1 amide bonds. The lowest BCUT2D eigenvalue weighted by atomic mass is 10.1. The van der Waals surface area contributed by atoms with Gasteiger partial charge in [0.05, 0.1) is 7.11 Å². The van der Waals surface area contributed by atoms with E-state index in [1.165, 1.54) is 16.5 Å². The number of fused-ring (bicyclic) bond motifs is 2. The maximum Gasteiger partial charge on any atom is 0.220 e. The molecule has 2 aromatic carbocycles. The van der Waals surface area contributed by atoms with Crippen LogP contribution in [0.15, 0.2) is 54.9 Å². The quantitative estimate of drug-likeness (QED) is 0.429. The molecule has 0 unspecified atom stereocenters. The standard InChI is InChI=1S/C23H25N3O2/c1-28-18-9-10-22-20(13-18)17(15-26-22)11-12-24-23(27)8-4-5-16-14-25-21-7-3-2-6-19(16)21/h2-3,6-7,9-10,13-15,25-26H,4-5,8,11-12H2,1H3,(H,24,27). The lowest BCUT2D eigenvalue weighted by Crippen LogP contribution is -2.25. The molecule has 0 aliphatic carbocycles. The van der Waals surface area contributed by atoms with Crippen LogP contribution in [-0.4, -0.2) is 29.5 Å². The summed E-state index contributed by atoms with van der Waals surface area (Å²) in [4.78, 5) is 18.7. The van der Waals surface area contributed by atoms with Crippen LogP contribution in [0, 0.1) is 0 Å². The fraction of sp³-hybridized carbons (Fsp3) is 0.261. The van der Waals surface area contributed by atoms with E-state index in [4.69, 9.17) is 4.74 Å². The van der Waals surface area contributed by atoms with Gasteiger partial charge in [-0.05, 0) is 54.7 Å². The van der Waals surface area contributed by atoms with Gasteiger partial charge in [-0.15, -0.1) is 0 Å². The molecule has 5 heteroatoms. The predicted molar refractivity (Wildman–Crippen MR) is 113 cm³/mol. The molecule has 5 nitrogen and oxygen atoms in total. The molecule has 2 heterocycles. The van der Waals surface area contributed by atoms with Crippen molar-refractivity contribution in [1.82, 2.24) is 15.3 Å². The van der Waals surface area contributed by atoms with Gasteiger partial charge in [-0.3, -0.25) is 4.79 Å². The van der Waals surface area contributed by atoms with E-state index >= 15 is 0 Å². The van der Waals surface area contributed by atoms with Crippen LogP contribution >= 0.6 is 0 Å². The number of amides is 1. The number of aromatic amines is 2. The molecular formula is C23H25N3O2. The van der Waals surface area contributed by atoms with Crippen LogP contribution < -0.4 is 10.1 Å². The Morgan fingerprint density at radius 2 is 1.71 bits per heavy atom. The van der Waals surface area contributed by atoms with Crippen molar-refractivity contribution in [3.05, 3.63) is 66.0 Å². The van der Waals surface area contributed by atoms with Crippen LogP contribution in [0.4, 0.5) is 0 Å². The van der Waals surface area contributed by atoms with Crippen LogP contribution in [-0.2, 0) is 17.6 Å². The summed E-state index contributed by atoms with van der Waals surface area (Å²) in [7, 11) is 1.67. The first-order valence-electron chi connectivity index (χ1n) is 9.70. The van der Waals surface area contributed by atoms with Gasteiger partial charge in [-0.1, -0.05) is 18.2 Å². The molecule has 0 fully saturated rings. The maximum atomic E-state index is 12.2. The number of aryl methyl sites for hydroxylation is 1. The molecular weight excluding hydrogens is 350 g/mol. The number of hydrogen-bond donors (Lipinski definition) is 3. The number of aromatic nitrogens is 2. The van der Waals surface area contributed by atoms with E-state index in [9.17, 15) is 4.79 Å². The summed E-state index contributed by atoms with van der Waals surface area (Å²) in [5, 5.41) is 5.43. The number of para-hydroxylation sites is 1. The third-order valence-electron chi connectivity index (χ3n) is 5.22. The van der Waals surface area contributed by atoms with Gasteiger partial charge in [-0.25, -0.2) is 0 Å². The van der Waals surface area contributed by atoms with E-state index < -0.39 is 0 Å². The van der Waals surface area contributed by atoms with Crippen molar-refractivity contribution in [2.24, 2.45) is 0 Å². The van der Waals surface area contributed by atoms with Gasteiger partial charge < -0.3 is 20.0 Å². The Kier molecular flexibility index (Phi) is 5.33. The first-order chi connectivity index (χ1) is 13.7.